The van der Waals surface area contributed by atoms with Crippen LogP contribution in [0.4, 0.5) is 0 Å². The van der Waals surface area contributed by atoms with Gasteiger partial charge < -0.3 is 4.74 Å². The molecule has 3 nitrogen and oxygen atoms in total. The van der Waals surface area contributed by atoms with Gasteiger partial charge in [-0.25, -0.2) is 0 Å². The Morgan fingerprint density at radius 3 is 2.24 bits per heavy atom. The summed E-state index contributed by atoms with van der Waals surface area (Å²) in [5.41, 5.74) is 5.75. The molecule has 0 saturated heterocycles. The van der Waals surface area contributed by atoms with Crippen molar-refractivity contribution in [1.29, 1.82) is 0 Å². The predicted octanol–water partition coefficient (Wildman–Crippen LogP) is 3.76. The average molecular weight is 243 g/mol. The number of carbonyl (C=O) groups excluding carboxylic acids is 1. The van der Waals surface area contributed by atoms with E-state index < -0.39 is 6.23 Å². The molecule has 17 heavy (non-hydrogen) atoms. The highest BCUT2D eigenvalue weighted by Gasteiger charge is 2.08. The third-order valence-electron chi connectivity index (χ3n) is 2.86. The number of hydrogen-bond donors (Lipinski definition) is 1. The fourth-order valence-electron chi connectivity index (χ4n) is 1.76. The molecule has 102 valence electrons. The number of unbranched alkanes of at least 4 members (excludes halogenated alkanes) is 6. The van der Waals surface area contributed by atoms with Crippen molar-refractivity contribution in [1.82, 2.24) is 0 Å². The summed E-state index contributed by atoms with van der Waals surface area (Å²) in [5.74, 6) is -0.139. The summed E-state index contributed by atoms with van der Waals surface area (Å²) in [6.45, 7) is 4.32. The molecule has 0 amide bonds. The first-order valence-corrected chi connectivity index (χ1v) is 7.15. The Bertz CT molecular complexity index is 183. The van der Waals surface area contributed by atoms with Crippen molar-refractivity contribution >= 4 is 5.97 Å². The van der Waals surface area contributed by atoms with Crippen LogP contribution in [0.2, 0.25) is 0 Å². The summed E-state index contributed by atoms with van der Waals surface area (Å²) in [7, 11) is 0. The fourth-order valence-corrected chi connectivity index (χ4v) is 1.76. The Kier molecular flexibility index (Phi) is 11.5. The van der Waals surface area contributed by atoms with Gasteiger partial charge >= 0.3 is 5.97 Å². The van der Waals surface area contributed by atoms with E-state index in [-0.39, 0.29) is 5.97 Å². The molecule has 0 rings (SSSR count). The lowest BCUT2D eigenvalue weighted by atomic mass is 10.1. The minimum Gasteiger partial charge on any atom is -0.447 e. The molecule has 1 unspecified atom stereocenters. The fraction of sp³-hybridized carbons (Fsp3) is 0.929. The number of carbonyl (C=O) groups is 1. The van der Waals surface area contributed by atoms with Gasteiger partial charge in [0.1, 0.15) is 0 Å². The Hall–Kier alpha value is -0.570. The third kappa shape index (κ3) is 11.7. The summed E-state index contributed by atoms with van der Waals surface area (Å²) in [6.07, 6.45) is 10.1. The van der Waals surface area contributed by atoms with Crippen molar-refractivity contribution < 1.29 is 9.53 Å². The van der Waals surface area contributed by atoms with Crippen molar-refractivity contribution in [3.8, 4) is 0 Å². The van der Waals surface area contributed by atoms with Crippen LogP contribution in [0, 0.1) is 0 Å². The minimum absolute atomic E-state index is 0.139. The zero-order chi connectivity index (χ0) is 12.9. The summed E-state index contributed by atoms with van der Waals surface area (Å²) >= 11 is 0. The van der Waals surface area contributed by atoms with Crippen LogP contribution in [-0.4, -0.2) is 12.2 Å². The van der Waals surface area contributed by atoms with Gasteiger partial charge in [0, 0.05) is 6.42 Å². The van der Waals surface area contributed by atoms with Crippen molar-refractivity contribution in [3.05, 3.63) is 0 Å². The Morgan fingerprint density at radius 2 is 1.59 bits per heavy atom. The molecule has 0 aromatic carbocycles. The zero-order valence-electron chi connectivity index (χ0n) is 11.5. The SMILES string of the molecule is CCCCCCCC(N)OC(=O)CCCCC. The molecule has 0 aromatic rings. The van der Waals surface area contributed by atoms with Crippen LogP contribution in [0.5, 0.6) is 0 Å². The third-order valence-corrected chi connectivity index (χ3v) is 2.86. The van der Waals surface area contributed by atoms with Crippen molar-refractivity contribution in [2.75, 3.05) is 0 Å². The molecular weight excluding hydrogens is 214 g/mol. The van der Waals surface area contributed by atoms with Gasteiger partial charge in [-0.1, -0.05) is 52.4 Å². The van der Waals surface area contributed by atoms with Crippen LogP contribution < -0.4 is 5.73 Å². The molecule has 3 heteroatoms. The molecule has 0 saturated carbocycles. The second-order valence-electron chi connectivity index (χ2n) is 4.69. The van der Waals surface area contributed by atoms with E-state index in [0.717, 1.165) is 32.1 Å². The maximum atomic E-state index is 11.4. The first-order valence-electron chi connectivity index (χ1n) is 7.15. The van der Waals surface area contributed by atoms with E-state index in [1.165, 1.54) is 25.7 Å². The molecule has 0 bridgehead atoms. The van der Waals surface area contributed by atoms with Gasteiger partial charge in [0.25, 0.3) is 0 Å². The van der Waals surface area contributed by atoms with Crippen molar-refractivity contribution in [2.45, 2.75) is 84.3 Å². The normalized spacial score (nSPS) is 12.4. The second kappa shape index (κ2) is 11.9. The quantitative estimate of drug-likeness (QED) is 0.341. The summed E-state index contributed by atoms with van der Waals surface area (Å²) in [6, 6.07) is 0. The lowest BCUT2D eigenvalue weighted by Crippen LogP contribution is -2.26. The van der Waals surface area contributed by atoms with Crippen LogP contribution >= 0.6 is 0 Å². The van der Waals surface area contributed by atoms with Crippen LogP contribution in [0.15, 0.2) is 0 Å². The summed E-state index contributed by atoms with van der Waals surface area (Å²) in [4.78, 5) is 11.4. The highest BCUT2D eigenvalue weighted by molar-refractivity contribution is 5.69. The number of hydrogen-bond acceptors (Lipinski definition) is 3. The summed E-state index contributed by atoms with van der Waals surface area (Å²) < 4.78 is 5.14. The summed E-state index contributed by atoms with van der Waals surface area (Å²) in [5, 5.41) is 0. The number of nitrogens with two attached hydrogens (primary N) is 1. The number of rotatable bonds is 11. The molecule has 0 radical (unpaired) electrons. The van der Waals surface area contributed by atoms with E-state index in [2.05, 4.69) is 13.8 Å². The maximum Gasteiger partial charge on any atom is 0.307 e. The van der Waals surface area contributed by atoms with E-state index in [0.29, 0.717) is 6.42 Å². The molecule has 0 aliphatic heterocycles. The van der Waals surface area contributed by atoms with Gasteiger partial charge in [-0.3, -0.25) is 10.5 Å². The number of ether oxygens (including phenoxy) is 1. The topological polar surface area (TPSA) is 52.3 Å². The predicted molar refractivity (Wildman–Crippen MR) is 71.6 cm³/mol. The van der Waals surface area contributed by atoms with Crippen LogP contribution in [0.1, 0.15) is 78.1 Å². The Morgan fingerprint density at radius 1 is 1.00 bits per heavy atom. The first kappa shape index (κ1) is 16.4. The minimum atomic E-state index is -0.397. The molecule has 0 aromatic heterocycles. The van der Waals surface area contributed by atoms with Gasteiger partial charge in [0.05, 0.1) is 0 Å². The van der Waals surface area contributed by atoms with E-state index in [1.54, 1.807) is 0 Å². The second-order valence-corrected chi connectivity index (χ2v) is 4.69. The molecule has 0 aliphatic rings. The number of esters is 1. The highest BCUT2D eigenvalue weighted by Crippen LogP contribution is 2.08. The Balaban J connectivity index is 3.37. The van der Waals surface area contributed by atoms with Gasteiger partial charge in [-0.2, -0.15) is 0 Å². The highest BCUT2D eigenvalue weighted by atomic mass is 16.6. The molecule has 2 N–H and O–H groups in total. The largest absolute Gasteiger partial charge is 0.447 e. The lowest BCUT2D eigenvalue weighted by molar-refractivity contribution is -0.149. The van der Waals surface area contributed by atoms with Gasteiger partial charge in [0.15, 0.2) is 6.23 Å². The first-order chi connectivity index (χ1) is 8.20. The van der Waals surface area contributed by atoms with Gasteiger partial charge in [-0.05, 0) is 19.3 Å². The van der Waals surface area contributed by atoms with E-state index in [4.69, 9.17) is 10.5 Å². The van der Waals surface area contributed by atoms with Crippen LogP contribution in [-0.2, 0) is 9.53 Å². The molecule has 0 spiro atoms. The zero-order valence-corrected chi connectivity index (χ0v) is 11.5. The monoisotopic (exact) mass is 243 g/mol. The van der Waals surface area contributed by atoms with Crippen molar-refractivity contribution in [3.63, 3.8) is 0 Å². The standard InChI is InChI=1S/C14H29NO2/c1-3-5-7-8-10-11-13(15)17-14(16)12-9-6-4-2/h13H,3-12,15H2,1-2H3. The van der Waals surface area contributed by atoms with Gasteiger partial charge in [-0.15, -0.1) is 0 Å². The Labute approximate surface area is 106 Å². The average Bonchev–Trinajstić information content (AvgIpc) is 2.29. The van der Waals surface area contributed by atoms with E-state index >= 15 is 0 Å². The van der Waals surface area contributed by atoms with Crippen LogP contribution in [0.25, 0.3) is 0 Å². The lowest BCUT2D eigenvalue weighted by Gasteiger charge is -2.12. The molecular formula is C14H29NO2. The van der Waals surface area contributed by atoms with Crippen molar-refractivity contribution in [2.24, 2.45) is 5.73 Å². The smallest absolute Gasteiger partial charge is 0.307 e. The molecule has 0 aliphatic carbocycles. The van der Waals surface area contributed by atoms with Gasteiger partial charge in [0.2, 0.25) is 0 Å². The van der Waals surface area contributed by atoms with Crippen LogP contribution in [0.3, 0.4) is 0 Å². The van der Waals surface area contributed by atoms with E-state index in [9.17, 15) is 4.79 Å². The van der Waals surface area contributed by atoms with E-state index in [1.807, 2.05) is 0 Å². The molecule has 0 fully saturated rings. The molecule has 0 heterocycles. The molecule has 1 atom stereocenters. The maximum absolute atomic E-state index is 11.4.